The summed E-state index contributed by atoms with van der Waals surface area (Å²) < 4.78 is 29.4. The van der Waals surface area contributed by atoms with Crippen molar-refractivity contribution in [3.63, 3.8) is 0 Å². The van der Waals surface area contributed by atoms with Crippen LogP contribution in [0.4, 0.5) is 8.78 Å². The van der Waals surface area contributed by atoms with Crippen LogP contribution in [0.1, 0.15) is 30.6 Å². The van der Waals surface area contributed by atoms with Gasteiger partial charge in [0.1, 0.15) is 5.75 Å². The first-order valence-corrected chi connectivity index (χ1v) is 8.03. The first-order chi connectivity index (χ1) is 11.0. The molecule has 1 amide bonds. The Morgan fingerprint density at radius 3 is 2.43 bits per heavy atom. The van der Waals surface area contributed by atoms with E-state index in [0.29, 0.717) is 19.0 Å². The fraction of sp³-hybridized carbons (Fsp3) is 0.588. The Morgan fingerprint density at radius 2 is 1.83 bits per heavy atom. The molecule has 0 saturated carbocycles. The Bertz CT molecular complexity index is 515. The van der Waals surface area contributed by atoms with E-state index in [4.69, 9.17) is 0 Å². The lowest BCUT2D eigenvalue weighted by Crippen LogP contribution is -2.49. The van der Waals surface area contributed by atoms with Crippen LogP contribution in [0.5, 0.6) is 5.75 Å². The minimum Gasteiger partial charge on any atom is -0.434 e. The summed E-state index contributed by atoms with van der Waals surface area (Å²) in [4.78, 5) is 16.6. The second-order valence-corrected chi connectivity index (χ2v) is 6.19. The fourth-order valence-electron chi connectivity index (χ4n) is 2.63. The van der Waals surface area contributed by atoms with Gasteiger partial charge in [-0.05, 0) is 31.0 Å². The van der Waals surface area contributed by atoms with Gasteiger partial charge in [0.15, 0.2) is 0 Å². The summed E-state index contributed by atoms with van der Waals surface area (Å²) in [5.74, 6) is 0.354. The first-order valence-electron chi connectivity index (χ1n) is 8.03. The molecule has 0 bridgehead atoms. The van der Waals surface area contributed by atoms with Gasteiger partial charge in [0.25, 0.3) is 5.91 Å². The number of amides is 1. The van der Waals surface area contributed by atoms with E-state index in [1.807, 2.05) is 0 Å². The number of para-hydroxylation sites is 1. The highest BCUT2D eigenvalue weighted by molar-refractivity contribution is 5.97. The highest BCUT2D eigenvalue weighted by Crippen LogP contribution is 2.22. The molecule has 0 N–H and O–H groups in total. The van der Waals surface area contributed by atoms with Crippen LogP contribution in [-0.4, -0.2) is 55.0 Å². The van der Waals surface area contributed by atoms with Crippen molar-refractivity contribution in [2.45, 2.75) is 26.9 Å². The number of hydrogen-bond donors (Lipinski definition) is 0. The van der Waals surface area contributed by atoms with Crippen molar-refractivity contribution in [2.24, 2.45) is 5.92 Å². The molecule has 1 fully saturated rings. The Hall–Kier alpha value is -1.69. The van der Waals surface area contributed by atoms with Gasteiger partial charge in [-0.2, -0.15) is 8.78 Å². The van der Waals surface area contributed by atoms with Crippen LogP contribution >= 0.6 is 0 Å². The lowest BCUT2D eigenvalue weighted by atomic mass is 10.1. The predicted molar refractivity (Wildman–Crippen MR) is 84.9 cm³/mol. The van der Waals surface area contributed by atoms with E-state index in [1.165, 1.54) is 12.1 Å². The van der Waals surface area contributed by atoms with Crippen molar-refractivity contribution >= 4 is 5.91 Å². The second-order valence-electron chi connectivity index (χ2n) is 6.19. The van der Waals surface area contributed by atoms with Crippen LogP contribution in [0.2, 0.25) is 0 Å². The average Bonchev–Trinajstić information content (AvgIpc) is 2.53. The number of rotatable bonds is 6. The molecule has 0 aliphatic carbocycles. The molecule has 6 heteroatoms. The Kier molecular flexibility index (Phi) is 6.33. The number of carbonyl (C=O) groups is 1. The average molecular weight is 326 g/mol. The Labute approximate surface area is 136 Å². The number of halogens is 2. The quantitative estimate of drug-likeness (QED) is 0.805. The third kappa shape index (κ3) is 5.16. The highest BCUT2D eigenvalue weighted by atomic mass is 19.3. The van der Waals surface area contributed by atoms with Crippen molar-refractivity contribution < 1.29 is 18.3 Å². The van der Waals surface area contributed by atoms with E-state index in [1.54, 1.807) is 17.0 Å². The molecule has 0 radical (unpaired) electrons. The summed E-state index contributed by atoms with van der Waals surface area (Å²) >= 11 is 0. The minimum atomic E-state index is -2.93. The van der Waals surface area contributed by atoms with Crippen molar-refractivity contribution in [2.75, 3.05) is 32.7 Å². The van der Waals surface area contributed by atoms with Crippen molar-refractivity contribution in [1.82, 2.24) is 9.80 Å². The number of carbonyl (C=O) groups excluding carboxylic acids is 1. The Morgan fingerprint density at radius 1 is 1.17 bits per heavy atom. The zero-order valence-corrected chi connectivity index (χ0v) is 13.7. The lowest BCUT2D eigenvalue weighted by Gasteiger charge is -2.35. The molecule has 0 atom stereocenters. The lowest BCUT2D eigenvalue weighted by molar-refractivity contribution is -0.0503. The monoisotopic (exact) mass is 326 g/mol. The molecule has 1 saturated heterocycles. The first kappa shape index (κ1) is 17.7. The summed E-state index contributed by atoms with van der Waals surface area (Å²) in [7, 11) is 0. The molecule has 1 heterocycles. The van der Waals surface area contributed by atoms with Gasteiger partial charge >= 0.3 is 6.61 Å². The molecule has 1 aromatic rings. The highest BCUT2D eigenvalue weighted by Gasteiger charge is 2.24. The van der Waals surface area contributed by atoms with Gasteiger partial charge in [0, 0.05) is 26.2 Å². The van der Waals surface area contributed by atoms with E-state index >= 15 is 0 Å². The van der Waals surface area contributed by atoms with E-state index in [2.05, 4.69) is 23.5 Å². The molecule has 1 aliphatic rings. The number of ether oxygens (including phenoxy) is 1. The second kappa shape index (κ2) is 8.24. The third-order valence-electron chi connectivity index (χ3n) is 4.02. The number of hydrogen-bond acceptors (Lipinski definition) is 3. The molecular weight excluding hydrogens is 302 g/mol. The number of piperazine rings is 1. The molecule has 1 aliphatic heterocycles. The molecule has 4 nitrogen and oxygen atoms in total. The topological polar surface area (TPSA) is 32.8 Å². The van der Waals surface area contributed by atoms with Crippen molar-refractivity contribution in [3.8, 4) is 5.75 Å². The molecule has 0 aromatic heterocycles. The largest absolute Gasteiger partial charge is 0.434 e. The van der Waals surface area contributed by atoms with E-state index in [0.717, 1.165) is 26.1 Å². The third-order valence-corrected chi connectivity index (χ3v) is 4.02. The number of alkyl halides is 2. The molecule has 0 spiro atoms. The van der Waals surface area contributed by atoms with Crippen LogP contribution in [0.3, 0.4) is 0 Å². The van der Waals surface area contributed by atoms with Gasteiger partial charge in [-0.15, -0.1) is 0 Å². The van der Waals surface area contributed by atoms with Crippen molar-refractivity contribution in [3.05, 3.63) is 29.8 Å². The van der Waals surface area contributed by atoms with Gasteiger partial charge in [-0.3, -0.25) is 9.69 Å². The number of nitrogens with zero attached hydrogens (tertiary/aromatic N) is 2. The molecule has 1 aromatic carbocycles. The predicted octanol–water partition coefficient (Wildman–Crippen LogP) is 3.09. The normalized spacial score (nSPS) is 16.2. The van der Waals surface area contributed by atoms with Gasteiger partial charge in [0.05, 0.1) is 5.56 Å². The summed E-state index contributed by atoms with van der Waals surface area (Å²) in [6.45, 7) is 5.34. The molecule has 128 valence electrons. The molecular formula is C17H24F2N2O2. The van der Waals surface area contributed by atoms with E-state index < -0.39 is 6.61 Å². The van der Waals surface area contributed by atoms with Crippen LogP contribution < -0.4 is 4.74 Å². The Balaban J connectivity index is 1.95. The van der Waals surface area contributed by atoms with Crippen molar-refractivity contribution in [1.29, 1.82) is 0 Å². The molecule has 2 rings (SSSR count). The standard InChI is InChI=1S/C17H24F2N2O2/c1-13(2)7-8-20-9-11-21(12-10-20)16(22)14-5-3-4-6-15(14)23-17(18)19/h3-6,13,17H,7-12H2,1-2H3. The zero-order valence-electron chi connectivity index (χ0n) is 13.7. The van der Waals surface area contributed by atoms with Gasteiger partial charge < -0.3 is 9.64 Å². The van der Waals surface area contributed by atoms with Crippen LogP contribution in [0.25, 0.3) is 0 Å². The summed E-state index contributed by atoms with van der Waals surface area (Å²) in [5.41, 5.74) is 0.198. The minimum absolute atomic E-state index is 0.0604. The van der Waals surface area contributed by atoms with Gasteiger partial charge in [-0.25, -0.2) is 0 Å². The van der Waals surface area contributed by atoms with Gasteiger partial charge in [-0.1, -0.05) is 26.0 Å². The van der Waals surface area contributed by atoms with Crippen LogP contribution in [0.15, 0.2) is 24.3 Å². The zero-order chi connectivity index (χ0) is 16.8. The fourth-order valence-corrected chi connectivity index (χ4v) is 2.63. The smallest absolute Gasteiger partial charge is 0.387 e. The summed E-state index contributed by atoms with van der Waals surface area (Å²) in [6.07, 6.45) is 1.14. The maximum Gasteiger partial charge on any atom is 0.387 e. The summed E-state index contributed by atoms with van der Waals surface area (Å²) in [6, 6.07) is 6.17. The maximum atomic E-state index is 12.6. The van der Waals surface area contributed by atoms with E-state index in [9.17, 15) is 13.6 Å². The van der Waals surface area contributed by atoms with Crippen LogP contribution in [0, 0.1) is 5.92 Å². The molecule has 0 unspecified atom stereocenters. The maximum absolute atomic E-state index is 12.6. The molecule has 23 heavy (non-hydrogen) atoms. The summed E-state index contributed by atoms with van der Waals surface area (Å²) in [5, 5.41) is 0. The number of benzene rings is 1. The van der Waals surface area contributed by atoms with Crippen LogP contribution in [-0.2, 0) is 0 Å². The van der Waals surface area contributed by atoms with E-state index in [-0.39, 0.29) is 17.2 Å². The van der Waals surface area contributed by atoms with Gasteiger partial charge in [0.2, 0.25) is 0 Å². The SMILES string of the molecule is CC(C)CCN1CCN(C(=O)c2ccccc2OC(F)F)CC1.